The Morgan fingerprint density at radius 3 is 2.10 bits per heavy atom. The molecule has 0 aliphatic carbocycles. The third kappa shape index (κ3) is 10.8. The van der Waals surface area contributed by atoms with Crippen molar-refractivity contribution in [3.63, 3.8) is 0 Å². The first-order chi connectivity index (χ1) is 9.45. The average Bonchev–Trinajstić information content (AvgIpc) is 2.25. The summed E-state index contributed by atoms with van der Waals surface area (Å²) in [4.78, 5) is 29.0. The van der Waals surface area contributed by atoms with E-state index in [1.807, 2.05) is 13.8 Å². The molecule has 0 aromatic heterocycles. The van der Waals surface area contributed by atoms with E-state index in [4.69, 9.17) is 23.8 Å². The molecule has 0 fully saturated rings. The van der Waals surface area contributed by atoms with E-state index in [9.17, 15) is 4.79 Å². The molecule has 0 unspecified atom stereocenters. The first kappa shape index (κ1) is 20.5. The van der Waals surface area contributed by atoms with Crippen molar-refractivity contribution >= 4 is 14.6 Å². The van der Waals surface area contributed by atoms with Crippen LogP contribution in [0.25, 0.3) is 0 Å². The molecule has 0 saturated heterocycles. The predicted octanol–water partition coefficient (Wildman–Crippen LogP) is 2.69. The lowest BCUT2D eigenvalue weighted by atomic mass is 10.0. The summed E-state index contributed by atoms with van der Waals surface area (Å²) in [5, 5.41) is 0. The maximum atomic E-state index is 11.3. The van der Waals surface area contributed by atoms with Crippen molar-refractivity contribution < 1.29 is 28.6 Å². The zero-order valence-electron chi connectivity index (χ0n) is 13.5. The Kier molecular flexibility index (Phi) is 8.59. The van der Waals surface area contributed by atoms with Crippen molar-refractivity contribution in [1.82, 2.24) is 0 Å². The molecule has 0 bridgehead atoms. The largest absolute Gasteiger partial charge is 0.462 e. The molecule has 2 N–H and O–H groups in total. The second kappa shape index (κ2) is 8.81. The molecular weight excluding hydrogens is 295 g/mol. The maximum Gasteiger partial charge on any atom is 0.333 e. The summed E-state index contributed by atoms with van der Waals surface area (Å²) < 4.78 is 15.8. The van der Waals surface area contributed by atoms with Gasteiger partial charge in [0, 0.05) is 12.0 Å². The summed E-state index contributed by atoms with van der Waals surface area (Å²) in [5.41, 5.74) is -0.746. The minimum atomic E-state index is -2.38. The first-order valence-electron chi connectivity index (χ1n) is 6.79. The van der Waals surface area contributed by atoms with E-state index in [1.54, 1.807) is 20.8 Å². The zero-order chi connectivity index (χ0) is 16.7. The van der Waals surface area contributed by atoms with Crippen LogP contribution in [0.1, 0.15) is 47.5 Å². The number of ether oxygens (including phenoxy) is 2. The van der Waals surface area contributed by atoms with Crippen LogP contribution in [0.2, 0.25) is 0 Å². The van der Waals surface area contributed by atoms with Crippen molar-refractivity contribution in [3.8, 4) is 0 Å². The van der Waals surface area contributed by atoms with Gasteiger partial charge >= 0.3 is 14.6 Å². The zero-order valence-corrected chi connectivity index (χ0v) is 14.4. The highest BCUT2D eigenvalue weighted by molar-refractivity contribution is 7.39. The summed E-state index contributed by atoms with van der Waals surface area (Å²) in [5.74, 6) is -0.403. The quantitative estimate of drug-likeness (QED) is 0.365. The molecule has 0 amide bonds. The number of carbonyl (C=O) groups is 1. The number of carbonyl (C=O) groups excluding carboxylic acids is 1. The Labute approximate surface area is 128 Å². The van der Waals surface area contributed by atoms with Gasteiger partial charge in [-0.3, -0.25) is 0 Å². The molecule has 0 aromatic carbocycles. The molecule has 0 aliphatic rings. The molecule has 0 radical (unpaired) electrons. The van der Waals surface area contributed by atoms with Gasteiger partial charge in [-0.05, 0) is 41.0 Å². The fourth-order valence-electron chi connectivity index (χ4n) is 1.42. The van der Waals surface area contributed by atoms with E-state index in [2.05, 4.69) is 6.58 Å². The van der Waals surface area contributed by atoms with Crippen LogP contribution in [0.5, 0.6) is 0 Å². The Morgan fingerprint density at radius 1 is 1.10 bits per heavy atom. The van der Waals surface area contributed by atoms with E-state index in [0.29, 0.717) is 25.0 Å². The number of hydrogen-bond acceptors (Lipinski definition) is 6. The third-order valence-corrected chi connectivity index (χ3v) is 3.47. The minimum absolute atomic E-state index is 0.261. The molecule has 0 aromatic rings. The summed E-state index contributed by atoms with van der Waals surface area (Å²) in [6.07, 6.45) is 1.07. The molecule has 0 spiro atoms. The van der Waals surface area contributed by atoms with Crippen LogP contribution in [-0.4, -0.2) is 40.2 Å². The third-order valence-electron chi connectivity index (χ3n) is 2.81. The minimum Gasteiger partial charge on any atom is -0.462 e. The average molecular weight is 322 g/mol. The van der Waals surface area contributed by atoms with Crippen LogP contribution in [-0.2, 0) is 18.8 Å². The number of rotatable bonds is 10. The van der Waals surface area contributed by atoms with Gasteiger partial charge in [-0.1, -0.05) is 6.58 Å². The van der Waals surface area contributed by atoms with Crippen LogP contribution < -0.4 is 0 Å². The Hall–Kier alpha value is -0.520. The van der Waals surface area contributed by atoms with Crippen LogP contribution >= 0.6 is 8.60 Å². The summed E-state index contributed by atoms with van der Waals surface area (Å²) in [6, 6.07) is 0. The van der Waals surface area contributed by atoms with E-state index in [-0.39, 0.29) is 6.61 Å². The molecule has 0 saturated carbocycles. The SMILES string of the molecule is C=C(C)C(=O)OCCC(C)(C)OCCC(C)(C)OP(O)O. The lowest BCUT2D eigenvalue weighted by Gasteiger charge is -2.29. The maximum absolute atomic E-state index is 11.3. The van der Waals surface area contributed by atoms with Crippen molar-refractivity contribution in [2.45, 2.75) is 58.7 Å². The second-order valence-corrected chi connectivity index (χ2v) is 6.82. The molecule has 21 heavy (non-hydrogen) atoms. The van der Waals surface area contributed by atoms with E-state index in [0.717, 1.165) is 0 Å². The molecule has 124 valence electrons. The van der Waals surface area contributed by atoms with Crippen molar-refractivity contribution in [1.29, 1.82) is 0 Å². The van der Waals surface area contributed by atoms with Gasteiger partial charge in [0.15, 0.2) is 0 Å². The molecule has 0 aliphatic heterocycles. The van der Waals surface area contributed by atoms with Crippen molar-refractivity contribution in [3.05, 3.63) is 12.2 Å². The van der Waals surface area contributed by atoms with E-state index >= 15 is 0 Å². The summed E-state index contributed by atoms with van der Waals surface area (Å²) in [7, 11) is -2.38. The van der Waals surface area contributed by atoms with Gasteiger partial charge < -0.3 is 23.8 Å². The lowest BCUT2D eigenvalue weighted by Crippen LogP contribution is -2.31. The van der Waals surface area contributed by atoms with Gasteiger partial charge in [0.05, 0.1) is 24.4 Å². The smallest absolute Gasteiger partial charge is 0.333 e. The summed E-state index contributed by atoms with van der Waals surface area (Å²) >= 11 is 0. The molecule has 6 nitrogen and oxygen atoms in total. The van der Waals surface area contributed by atoms with Crippen molar-refractivity contribution in [2.24, 2.45) is 0 Å². The number of hydrogen-bond donors (Lipinski definition) is 2. The van der Waals surface area contributed by atoms with Crippen molar-refractivity contribution in [2.75, 3.05) is 13.2 Å². The summed E-state index contributed by atoms with van der Waals surface area (Å²) in [6.45, 7) is 13.1. The van der Waals surface area contributed by atoms with Gasteiger partial charge in [-0.2, -0.15) is 0 Å². The van der Waals surface area contributed by atoms with E-state index in [1.165, 1.54) is 0 Å². The first-order valence-corrected chi connectivity index (χ1v) is 7.95. The Morgan fingerprint density at radius 2 is 1.62 bits per heavy atom. The number of esters is 1. The standard InChI is InChI=1S/C14H27O6P/c1-11(2)12(15)18-9-7-13(3,4)19-10-8-14(5,6)20-21(16)17/h16-17H,1,7-10H2,2-6H3. The highest BCUT2D eigenvalue weighted by Crippen LogP contribution is 2.34. The molecule has 0 atom stereocenters. The molecule has 0 rings (SSSR count). The Bertz CT molecular complexity index is 351. The van der Waals surface area contributed by atoms with Gasteiger partial charge in [0.25, 0.3) is 0 Å². The van der Waals surface area contributed by atoms with Crippen LogP contribution in [0.15, 0.2) is 12.2 Å². The monoisotopic (exact) mass is 322 g/mol. The highest BCUT2D eigenvalue weighted by atomic mass is 31.2. The molecule has 0 heterocycles. The topological polar surface area (TPSA) is 85.2 Å². The highest BCUT2D eigenvalue weighted by Gasteiger charge is 2.25. The van der Waals surface area contributed by atoms with Gasteiger partial charge in [0.2, 0.25) is 0 Å². The van der Waals surface area contributed by atoms with Gasteiger partial charge in [-0.25, -0.2) is 4.79 Å². The Balaban J connectivity index is 4.02. The fourth-order valence-corrected chi connectivity index (χ4v) is 1.96. The lowest BCUT2D eigenvalue weighted by molar-refractivity contribution is -0.141. The normalized spacial score (nSPS) is 12.6. The van der Waals surface area contributed by atoms with Crippen LogP contribution in [0.3, 0.4) is 0 Å². The predicted molar refractivity (Wildman–Crippen MR) is 81.6 cm³/mol. The van der Waals surface area contributed by atoms with Gasteiger partial charge in [-0.15, -0.1) is 0 Å². The van der Waals surface area contributed by atoms with E-state index < -0.39 is 25.8 Å². The van der Waals surface area contributed by atoms with Crippen LogP contribution in [0.4, 0.5) is 0 Å². The van der Waals surface area contributed by atoms with Crippen LogP contribution in [0, 0.1) is 0 Å². The molecule has 7 heteroatoms. The van der Waals surface area contributed by atoms with Gasteiger partial charge in [0.1, 0.15) is 0 Å². The fraction of sp³-hybridized carbons (Fsp3) is 0.786. The second-order valence-electron chi connectivity index (χ2n) is 6.13. The molecular formula is C14H27O6P.